The maximum Gasteiger partial charge on any atom is 0.228 e. The van der Waals surface area contributed by atoms with Crippen LogP contribution in [0.5, 0.6) is 0 Å². The van der Waals surface area contributed by atoms with Crippen molar-refractivity contribution in [3.05, 3.63) is 23.4 Å². The zero-order valence-electron chi connectivity index (χ0n) is 10.3. The molecule has 4 nitrogen and oxygen atoms in total. The molecule has 2 N–H and O–H groups in total. The molecule has 1 saturated carbocycles. The monoisotopic (exact) mass is 263 g/mol. The van der Waals surface area contributed by atoms with Gasteiger partial charge in [-0.15, -0.1) is 11.3 Å². The summed E-state index contributed by atoms with van der Waals surface area (Å²) in [6, 6.07) is 3.99. The Bertz CT molecular complexity index is 500. The Labute approximate surface area is 110 Å². The van der Waals surface area contributed by atoms with Crippen molar-refractivity contribution in [1.29, 1.82) is 0 Å². The summed E-state index contributed by atoms with van der Waals surface area (Å²) in [5.74, 6) is 1.35. The van der Waals surface area contributed by atoms with E-state index in [1.54, 1.807) is 11.3 Å². The van der Waals surface area contributed by atoms with E-state index < -0.39 is 0 Å². The van der Waals surface area contributed by atoms with Crippen molar-refractivity contribution < 1.29 is 4.52 Å². The third-order valence-corrected chi connectivity index (χ3v) is 4.43. The van der Waals surface area contributed by atoms with Crippen LogP contribution in [0.3, 0.4) is 0 Å². The van der Waals surface area contributed by atoms with Crippen LogP contribution in [0.2, 0.25) is 0 Å². The lowest BCUT2D eigenvalue weighted by Gasteiger charge is -2.31. The van der Waals surface area contributed by atoms with E-state index in [0.717, 1.165) is 17.7 Å². The molecule has 0 radical (unpaired) electrons. The molecule has 0 atom stereocenters. The predicted molar refractivity (Wildman–Crippen MR) is 71.3 cm³/mol. The molecule has 0 bridgehead atoms. The van der Waals surface area contributed by atoms with Crippen LogP contribution in [0.4, 0.5) is 0 Å². The highest BCUT2D eigenvalue weighted by Crippen LogP contribution is 2.29. The standard InChI is InChI=1S/C13H17N3OS/c14-13(6-2-1-3-7-13)9-11-15-12(16-17-11)10-5-4-8-18-10/h4-5,8H,1-3,6-7,9,14H2. The molecule has 0 spiro atoms. The minimum atomic E-state index is -0.141. The quantitative estimate of drug-likeness (QED) is 0.924. The highest BCUT2D eigenvalue weighted by Gasteiger charge is 2.30. The lowest BCUT2D eigenvalue weighted by Crippen LogP contribution is -2.43. The van der Waals surface area contributed by atoms with Crippen LogP contribution in [0.15, 0.2) is 22.0 Å². The highest BCUT2D eigenvalue weighted by atomic mass is 32.1. The van der Waals surface area contributed by atoms with E-state index in [2.05, 4.69) is 10.1 Å². The van der Waals surface area contributed by atoms with Crippen LogP contribution >= 0.6 is 11.3 Å². The van der Waals surface area contributed by atoms with Gasteiger partial charge in [0.25, 0.3) is 0 Å². The number of thiophene rings is 1. The molecular formula is C13H17N3OS. The first-order valence-corrected chi connectivity index (χ1v) is 7.29. The molecular weight excluding hydrogens is 246 g/mol. The zero-order valence-corrected chi connectivity index (χ0v) is 11.1. The Morgan fingerprint density at radius 2 is 2.17 bits per heavy atom. The van der Waals surface area contributed by atoms with E-state index in [9.17, 15) is 0 Å². The Morgan fingerprint density at radius 1 is 1.33 bits per heavy atom. The fourth-order valence-corrected chi connectivity index (χ4v) is 3.22. The minimum Gasteiger partial charge on any atom is -0.339 e. The fraction of sp³-hybridized carbons (Fsp3) is 0.538. The van der Waals surface area contributed by atoms with Gasteiger partial charge in [-0.3, -0.25) is 0 Å². The molecule has 18 heavy (non-hydrogen) atoms. The van der Waals surface area contributed by atoms with Gasteiger partial charge >= 0.3 is 0 Å². The second-order valence-corrected chi connectivity index (χ2v) is 6.04. The molecule has 0 saturated heterocycles. The van der Waals surface area contributed by atoms with Gasteiger partial charge in [0.05, 0.1) is 4.88 Å². The molecule has 0 aliphatic heterocycles. The number of hydrogen-bond acceptors (Lipinski definition) is 5. The summed E-state index contributed by atoms with van der Waals surface area (Å²) < 4.78 is 5.32. The van der Waals surface area contributed by atoms with Crippen molar-refractivity contribution in [3.63, 3.8) is 0 Å². The Morgan fingerprint density at radius 3 is 2.89 bits per heavy atom. The van der Waals surface area contributed by atoms with E-state index in [1.165, 1.54) is 19.3 Å². The van der Waals surface area contributed by atoms with Crippen molar-refractivity contribution in [1.82, 2.24) is 10.1 Å². The molecule has 1 aliphatic carbocycles. The third-order valence-electron chi connectivity index (χ3n) is 3.56. The van der Waals surface area contributed by atoms with Crippen LogP contribution in [0.1, 0.15) is 38.0 Å². The molecule has 0 aromatic carbocycles. The van der Waals surface area contributed by atoms with Crippen molar-refractivity contribution >= 4 is 11.3 Å². The molecule has 1 aliphatic rings. The van der Waals surface area contributed by atoms with Gasteiger partial charge in [0.2, 0.25) is 11.7 Å². The Kier molecular flexibility index (Phi) is 3.18. The summed E-state index contributed by atoms with van der Waals surface area (Å²) in [5.41, 5.74) is 6.25. The van der Waals surface area contributed by atoms with Crippen molar-refractivity contribution in [3.8, 4) is 10.7 Å². The highest BCUT2D eigenvalue weighted by molar-refractivity contribution is 7.13. The lowest BCUT2D eigenvalue weighted by molar-refractivity contribution is 0.261. The van der Waals surface area contributed by atoms with Crippen LogP contribution in [-0.2, 0) is 6.42 Å². The maximum absolute atomic E-state index is 6.39. The Balaban J connectivity index is 1.73. The first kappa shape index (κ1) is 11.9. The minimum absolute atomic E-state index is 0.141. The van der Waals surface area contributed by atoms with E-state index in [1.807, 2.05) is 17.5 Å². The molecule has 0 unspecified atom stereocenters. The third kappa shape index (κ3) is 2.47. The van der Waals surface area contributed by atoms with E-state index in [0.29, 0.717) is 18.1 Å². The zero-order chi connectivity index (χ0) is 12.4. The second kappa shape index (κ2) is 4.82. The normalized spacial score (nSPS) is 18.9. The van der Waals surface area contributed by atoms with Gasteiger partial charge in [-0.25, -0.2) is 0 Å². The molecule has 1 fully saturated rings. The summed E-state index contributed by atoms with van der Waals surface area (Å²) in [6.07, 6.45) is 6.53. The van der Waals surface area contributed by atoms with Gasteiger partial charge in [-0.05, 0) is 24.3 Å². The number of aromatic nitrogens is 2. The van der Waals surface area contributed by atoms with Gasteiger partial charge in [0.15, 0.2) is 0 Å². The summed E-state index contributed by atoms with van der Waals surface area (Å²) in [4.78, 5) is 5.49. The molecule has 0 amide bonds. The van der Waals surface area contributed by atoms with Gasteiger partial charge in [0.1, 0.15) is 0 Å². The van der Waals surface area contributed by atoms with E-state index >= 15 is 0 Å². The smallest absolute Gasteiger partial charge is 0.228 e. The average molecular weight is 263 g/mol. The largest absolute Gasteiger partial charge is 0.339 e. The van der Waals surface area contributed by atoms with Gasteiger partial charge in [-0.2, -0.15) is 4.98 Å². The maximum atomic E-state index is 6.39. The fourth-order valence-electron chi connectivity index (χ4n) is 2.57. The van der Waals surface area contributed by atoms with Gasteiger partial charge in [-0.1, -0.05) is 30.5 Å². The average Bonchev–Trinajstić information content (AvgIpc) is 2.99. The molecule has 3 rings (SSSR count). The molecule has 96 valence electrons. The van der Waals surface area contributed by atoms with Gasteiger partial charge < -0.3 is 10.3 Å². The first-order chi connectivity index (χ1) is 8.75. The first-order valence-electron chi connectivity index (χ1n) is 6.41. The predicted octanol–water partition coefficient (Wildman–Crippen LogP) is 3.00. The van der Waals surface area contributed by atoms with Crippen molar-refractivity contribution in [2.75, 3.05) is 0 Å². The number of nitrogens with two attached hydrogens (primary N) is 1. The van der Waals surface area contributed by atoms with Crippen molar-refractivity contribution in [2.24, 2.45) is 5.73 Å². The topological polar surface area (TPSA) is 64.9 Å². The summed E-state index contributed by atoms with van der Waals surface area (Å²) in [7, 11) is 0. The molecule has 5 heteroatoms. The van der Waals surface area contributed by atoms with Crippen LogP contribution in [-0.4, -0.2) is 15.7 Å². The SMILES string of the molecule is NC1(Cc2nc(-c3cccs3)no2)CCCCC1. The van der Waals surface area contributed by atoms with Crippen LogP contribution < -0.4 is 5.73 Å². The number of nitrogens with zero attached hydrogens (tertiary/aromatic N) is 2. The second-order valence-electron chi connectivity index (χ2n) is 5.09. The molecule has 2 aromatic rings. The van der Waals surface area contributed by atoms with Crippen LogP contribution in [0, 0.1) is 0 Å². The number of hydrogen-bond donors (Lipinski definition) is 1. The number of rotatable bonds is 3. The lowest BCUT2D eigenvalue weighted by atomic mass is 9.80. The van der Waals surface area contributed by atoms with Crippen molar-refractivity contribution in [2.45, 2.75) is 44.1 Å². The molecule has 2 heterocycles. The molecule has 2 aromatic heterocycles. The van der Waals surface area contributed by atoms with Gasteiger partial charge in [0, 0.05) is 12.0 Å². The summed E-state index contributed by atoms with van der Waals surface area (Å²) in [5, 5.41) is 6.03. The summed E-state index contributed by atoms with van der Waals surface area (Å²) in [6.45, 7) is 0. The van der Waals surface area contributed by atoms with Crippen LogP contribution in [0.25, 0.3) is 10.7 Å². The summed E-state index contributed by atoms with van der Waals surface area (Å²) >= 11 is 1.62. The van der Waals surface area contributed by atoms with E-state index in [-0.39, 0.29) is 5.54 Å². The Hall–Kier alpha value is -1.20. The van der Waals surface area contributed by atoms with E-state index in [4.69, 9.17) is 10.3 Å².